The van der Waals surface area contributed by atoms with Crippen molar-refractivity contribution in [1.29, 1.82) is 0 Å². The van der Waals surface area contributed by atoms with Crippen LogP contribution < -0.4 is 0 Å². The topological polar surface area (TPSA) is 43.8 Å². The molecule has 0 aliphatic carbocycles. The number of piperidine rings is 1. The fraction of sp³-hybridized carbons (Fsp3) is 0.611. The molecule has 23 heavy (non-hydrogen) atoms. The molecule has 2 rings (SSSR count). The summed E-state index contributed by atoms with van der Waals surface area (Å²) in [7, 11) is 1.87. The van der Waals surface area contributed by atoms with Crippen LogP contribution in [0.25, 0.3) is 0 Å². The number of hydrogen-bond donors (Lipinski definition) is 1. The van der Waals surface area contributed by atoms with Crippen LogP contribution in [0.15, 0.2) is 29.2 Å². The molecule has 1 aliphatic rings. The summed E-state index contributed by atoms with van der Waals surface area (Å²) in [6.45, 7) is 4.79. The van der Waals surface area contributed by atoms with E-state index in [1.165, 1.54) is 4.90 Å². The summed E-state index contributed by atoms with van der Waals surface area (Å²) in [6, 6.07) is 8.37. The van der Waals surface area contributed by atoms with Crippen LogP contribution in [0.1, 0.15) is 25.3 Å². The highest BCUT2D eigenvalue weighted by Crippen LogP contribution is 2.20. The Hall–Kier alpha value is -1.04. The Balaban J connectivity index is 1.78. The van der Waals surface area contributed by atoms with Gasteiger partial charge in [-0.3, -0.25) is 9.69 Å². The molecule has 1 aliphatic heterocycles. The number of aliphatic hydroxyl groups excluding tert-OH is 1. The summed E-state index contributed by atoms with van der Waals surface area (Å²) in [5, 5.41) is 9.64. The first-order valence-electron chi connectivity index (χ1n) is 8.27. The van der Waals surface area contributed by atoms with E-state index in [0.717, 1.165) is 31.5 Å². The molecule has 1 aromatic carbocycles. The van der Waals surface area contributed by atoms with Gasteiger partial charge in [-0.15, -0.1) is 11.8 Å². The summed E-state index contributed by atoms with van der Waals surface area (Å²) in [6.07, 6.45) is 3.78. The lowest BCUT2D eigenvalue weighted by atomic mass is 9.92. The molecule has 1 aromatic rings. The fourth-order valence-corrected chi connectivity index (χ4v) is 3.41. The molecule has 0 radical (unpaired) electrons. The highest BCUT2D eigenvalue weighted by Gasteiger charge is 2.24. The van der Waals surface area contributed by atoms with E-state index in [1.807, 2.05) is 14.0 Å². The Morgan fingerprint density at radius 3 is 2.48 bits per heavy atom. The van der Waals surface area contributed by atoms with E-state index < -0.39 is 0 Å². The maximum atomic E-state index is 12.4. The minimum Gasteiger partial charge on any atom is -0.393 e. The lowest BCUT2D eigenvalue weighted by Gasteiger charge is -2.33. The van der Waals surface area contributed by atoms with E-state index >= 15 is 0 Å². The van der Waals surface area contributed by atoms with Crippen molar-refractivity contribution < 1.29 is 9.90 Å². The van der Waals surface area contributed by atoms with E-state index in [4.69, 9.17) is 0 Å². The van der Waals surface area contributed by atoms with Crippen molar-refractivity contribution in [3.8, 4) is 0 Å². The first kappa shape index (κ1) is 18.3. The number of thioether (sulfide) groups is 1. The Morgan fingerprint density at radius 2 is 1.96 bits per heavy atom. The molecule has 128 valence electrons. The summed E-state index contributed by atoms with van der Waals surface area (Å²) >= 11 is 1.72. The van der Waals surface area contributed by atoms with Gasteiger partial charge in [0.05, 0.1) is 12.6 Å². The van der Waals surface area contributed by atoms with E-state index in [2.05, 4.69) is 35.4 Å². The summed E-state index contributed by atoms with van der Waals surface area (Å²) in [5.41, 5.74) is 1.16. The molecule has 0 bridgehead atoms. The van der Waals surface area contributed by atoms with Crippen molar-refractivity contribution in [2.24, 2.45) is 5.92 Å². The molecule has 1 heterocycles. The number of carbonyl (C=O) groups excluding carboxylic acids is 1. The zero-order valence-electron chi connectivity index (χ0n) is 14.4. The Kier molecular flexibility index (Phi) is 6.93. The number of benzene rings is 1. The van der Waals surface area contributed by atoms with Crippen LogP contribution in [0, 0.1) is 5.92 Å². The van der Waals surface area contributed by atoms with Crippen molar-refractivity contribution in [3.05, 3.63) is 29.8 Å². The van der Waals surface area contributed by atoms with Gasteiger partial charge in [-0.05, 0) is 62.7 Å². The zero-order valence-corrected chi connectivity index (χ0v) is 15.2. The lowest BCUT2D eigenvalue weighted by Crippen LogP contribution is -2.43. The molecule has 1 N–H and O–H groups in total. The van der Waals surface area contributed by atoms with Crippen molar-refractivity contribution in [3.63, 3.8) is 0 Å². The first-order valence-corrected chi connectivity index (χ1v) is 9.49. The van der Waals surface area contributed by atoms with Crippen LogP contribution in [0.5, 0.6) is 0 Å². The number of nitrogens with zero attached hydrogens (tertiary/aromatic N) is 2. The van der Waals surface area contributed by atoms with E-state index in [-0.39, 0.29) is 12.0 Å². The SMILES string of the molecule is CSc1ccc(CN(C)C(=O)CN2CCC(C(C)O)CC2)cc1. The Labute approximate surface area is 143 Å². The third-order valence-electron chi connectivity index (χ3n) is 4.68. The van der Waals surface area contributed by atoms with E-state index in [1.54, 1.807) is 16.7 Å². The average Bonchev–Trinajstić information content (AvgIpc) is 2.56. The number of rotatable bonds is 6. The molecule has 1 atom stereocenters. The normalized spacial score (nSPS) is 17.9. The fourth-order valence-electron chi connectivity index (χ4n) is 3.00. The van der Waals surface area contributed by atoms with Crippen molar-refractivity contribution >= 4 is 17.7 Å². The van der Waals surface area contributed by atoms with Crippen LogP contribution in [0.2, 0.25) is 0 Å². The second-order valence-electron chi connectivity index (χ2n) is 6.45. The van der Waals surface area contributed by atoms with Crippen LogP contribution in [-0.2, 0) is 11.3 Å². The lowest BCUT2D eigenvalue weighted by molar-refractivity contribution is -0.132. The number of carbonyl (C=O) groups is 1. The minimum atomic E-state index is -0.236. The smallest absolute Gasteiger partial charge is 0.236 e. The van der Waals surface area contributed by atoms with Crippen molar-refractivity contribution in [2.45, 2.75) is 37.3 Å². The molecule has 1 unspecified atom stereocenters. The maximum Gasteiger partial charge on any atom is 0.236 e. The van der Waals surface area contributed by atoms with Crippen LogP contribution in [-0.4, -0.2) is 59.9 Å². The molecule has 5 heteroatoms. The number of likely N-dealkylation sites (tertiary alicyclic amines) is 1. The highest BCUT2D eigenvalue weighted by molar-refractivity contribution is 7.98. The average molecular weight is 337 g/mol. The number of amides is 1. The first-order chi connectivity index (χ1) is 11.0. The third kappa shape index (κ3) is 5.52. The molecule has 0 spiro atoms. The van der Waals surface area contributed by atoms with Gasteiger partial charge in [-0.2, -0.15) is 0 Å². The van der Waals surface area contributed by atoms with Gasteiger partial charge in [-0.25, -0.2) is 0 Å². The summed E-state index contributed by atoms with van der Waals surface area (Å²) in [4.78, 5) is 17.6. The van der Waals surface area contributed by atoms with Gasteiger partial charge < -0.3 is 10.0 Å². The number of likely N-dealkylation sites (N-methyl/N-ethyl adjacent to an activating group) is 1. The molecule has 4 nitrogen and oxygen atoms in total. The number of aliphatic hydroxyl groups is 1. The maximum absolute atomic E-state index is 12.4. The molecule has 1 saturated heterocycles. The second kappa shape index (κ2) is 8.71. The Morgan fingerprint density at radius 1 is 1.35 bits per heavy atom. The molecule has 1 amide bonds. The molecular weight excluding hydrogens is 308 g/mol. The van der Waals surface area contributed by atoms with E-state index in [0.29, 0.717) is 19.0 Å². The Bertz CT molecular complexity index is 496. The molecule has 0 aromatic heterocycles. The standard InChI is InChI=1S/C18H28N2O2S/c1-14(21)16-8-10-20(11-9-16)13-18(22)19(2)12-15-4-6-17(23-3)7-5-15/h4-7,14,16,21H,8-13H2,1-3H3. The van der Waals surface area contributed by atoms with Gasteiger partial charge in [0.1, 0.15) is 0 Å². The monoisotopic (exact) mass is 336 g/mol. The summed E-state index contributed by atoms with van der Waals surface area (Å²) < 4.78 is 0. The molecule has 1 fully saturated rings. The predicted octanol–water partition coefficient (Wildman–Crippen LogP) is 2.46. The van der Waals surface area contributed by atoms with Gasteiger partial charge in [0.25, 0.3) is 0 Å². The molecule has 0 saturated carbocycles. The van der Waals surface area contributed by atoms with Gasteiger partial charge in [0.15, 0.2) is 0 Å². The van der Waals surface area contributed by atoms with Gasteiger partial charge >= 0.3 is 0 Å². The van der Waals surface area contributed by atoms with Crippen LogP contribution >= 0.6 is 11.8 Å². The van der Waals surface area contributed by atoms with Crippen LogP contribution in [0.3, 0.4) is 0 Å². The van der Waals surface area contributed by atoms with Crippen molar-refractivity contribution in [1.82, 2.24) is 9.80 Å². The summed E-state index contributed by atoms with van der Waals surface area (Å²) in [5.74, 6) is 0.545. The molecular formula is C18H28N2O2S. The minimum absolute atomic E-state index is 0.162. The number of hydrogen-bond acceptors (Lipinski definition) is 4. The largest absolute Gasteiger partial charge is 0.393 e. The quantitative estimate of drug-likeness (QED) is 0.811. The zero-order chi connectivity index (χ0) is 16.8. The van der Waals surface area contributed by atoms with Crippen LogP contribution in [0.4, 0.5) is 0 Å². The van der Waals surface area contributed by atoms with Gasteiger partial charge in [0, 0.05) is 18.5 Å². The second-order valence-corrected chi connectivity index (χ2v) is 7.33. The highest BCUT2D eigenvalue weighted by atomic mass is 32.2. The third-order valence-corrected chi connectivity index (χ3v) is 5.42. The van der Waals surface area contributed by atoms with Gasteiger partial charge in [-0.1, -0.05) is 12.1 Å². The van der Waals surface area contributed by atoms with Gasteiger partial charge in [0.2, 0.25) is 5.91 Å². The van der Waals surface area contributed by atoms with E-state index in [9.17, 15) is 9.90 Å². The van der Waals surface area contributed by atoms with Crippen molar-refractivity contribution in [2.75, 3.05) is 32.9 Å². The predicted molar refractivity (Wildman–Crippen MR) is 95.5 cm³/mol.